The van der Waals surface area contributed by atoms with Crippen molar-refractivity contribution in [2.24, 2.45) is 0 Å². The number of nitrogens with zero attached hydrogens (tertiary/aromatic N) is 3. The first-order valence-electron chi connectivity index (χ1n) is 10.3. The van der Waals surface area contributed by atoms with Crippen LogP contribution in [0, 0.1) is 6.92 Å². The van der Waals surface area contributed by atoms with Gasteiger partial charge in [0.1, 0.15) is 0 Å². The van der Waals surface area contributed by atoms with Crippen LogP contribution in [-0.2, 0) is 0 Å². The van der Waals surface area contributed by atoms with Gasteiger partial charge in [-0.05, 0) is 75.9 Å². The normalized spacial score (nSPS) is 20.8. The van der Waals surface area contributed by atoms with Crippen molar-refractivity contribution in [2.75, 3.05) is 26.2 Å². The molecule has 0 N–H and O–H groups in total. The van der Waals surface area contributed by atoms with E-state index in [2.05, 4.69) is 20.9 Å². The van der Waals surface area contributed by atoms with Crippen molar-refractivity contribution in [3.8, 4) is 11.1 Å². The molecule has 27 heavy (non-hydrogen) atoms. The van der Waals surface area contributed by atoms with Crippen LogP contribution in [0.5, 0.6) is 0 Å². The van der Waals surface area contributed by atoms with Crippen LogP contribution in [0.4, 0.5) is 0 Å². The Labute approximate surface area is 162 Å². The van der Waals surface area contributed by atoms with Crippen molar-refractivity contribution >= 4 is 5.91 Å². The number of aromatic nitrogens is 1. The Morgan fingerprint density at radius 2 is 1.67 bits per heavy atom. The fourth-order valence-corrected chi connectivity index (χ4v) is 4.33. The summed E-state index contributed by atoms with van der Waals surface area (Å²) in [4.78, 5) is 22.2. The number of pyridine rings is 1. The molecule has 1 amide bonds. The van der Waals surface area contributed by atoms with E-state index in [0.29, 0.717) is 6.04 Å². The van der Waals surface area contributed by atoms with E-state index >= 15 is 0 Å². The Bertz CT molecular complexity index is 763. The van der Waals surface area contributed by atoms with Gasteiger partial charge in [-0.25, -0.2) is 0 Å². The molecule has 2 aliphatic heterocycles. The predicted molar refractivity (Wildman–Crippen MR) is 109 cm³/mol. The second-order valence-corrected chi connectivity index (χ2v) is 7.92. The molecule has 0 spiro atoms. The molecule has 0 bridgehead atoms. The molecule has 0 unspecified atom stereocenters. The molecule has 2 aliphatic rings. The zero-order valence-corrected chi connectivity index (χ0v) is 16.2. The van der Waals surface area contributed by atoms with Crippen molar-refractivity contribution in [2.45, 2.75) is 45.1 Å². The Balaban J connectivity index is 1.47. The molecule has 2 aromatic rings. The number of carbonyl (C=O) groups is 1. The first-order chi connectivity index (χ1) is 13.2. The standard InChI is InChI=1S/C23H29N3O/c1-18-7-8-21(16-24-18)19-9-11-20(12-10-19)23(27)26-15-3-2-6-22(26)17-25-13-4-5-14-25/h7-12,16,22H,2-6,13-15,17H2,1H3/t22-/m0/s1. The number of carbonyl (C=O) groups excluding carboxylic acids is 1. The van der Waals surface area contributed by atoms with Gasteiger partial charge in [0.05, 0.1) is 0 Å². The summed E-state index contributed by atoms with van der Waals surface area (Å²) in [6.45, 7) is 6.30. The molecule has 0 radical (unpaired) electrons. The summed E-state index contributed by atoms with van der Waals surface area (Å²) in [5.41, 5.74) is 4.00. The lowest BCUT2D eigenvalue weighted by Gasteiger charge is -2.38. The Hall–Kier alpha value is -2.20. The quantitative estimate of drug-likeness (QED) is 0.819. The molecule has 142 valence electrons. The minimum absolute atomic E-state index is 0.187. The number of rotatable bonds is 4. The highest BCUT2D eigenvalue weighted by atomic mass is 16.2. The summed E-state index contributed by atoms with van der Waals surface area (Å²) in [5.74, 6) is 0.187. The van der Waals surface area contributed by atoms with E-state index in [-0.39, 0.29) is 5.91 Å². The molecule has 4 nitrogen and oxygen atoms in total. The lowest BCUT2D eigenvalue weighted by molar-refractivity contribution is 0.0560. The molecule has 4 rings (SSSR count). The fourth-order valence-electron chi connectivity index (χ4n) is 4.33. The van der Waals surface area contributed by atoms with Gasteiger partial charge in [-0.15, -0.1) is 0 Å². The van der Waals surface area contributed by atoms with Crippen LogP contribution in [0.2, 0.25) is 0 Å². The maximum atomic E-state index is 13.2. The van der Waals surface area contributed by atoms with Crippen LogP contribution in [0.15, 0.2) is 42.6 Å². The lowest BCUT2D eigenvalue weighted by atomic mass is 9.99. The number of likely N-dealkylation sites (tertiary alicyclic amines) is 2. The summed E-state index contributed by atoms with van der Waals surface area (Å²) >= 11 is 0. The van der Waals surface area contributed by atoms with E-state index in [9.17, 15) is 4.79 Å². The third kappa shape index (κ3) is 4.22. The third-order valence-electron chi connectivity index (χ3n) is 5.93. The molecule has 0 saturated carbocycles. The number of benzene rings is 1. The highest BCUT2D eigenvalue weighted by Gasteiger charge is 2.29. The van der Waals surface area contributed by atoms with Gasteiger partial charge < -0.3 is 9.80 Å². The molecule has 3 heterocycles. The van der Waals surface area contributed by atoms with E-state index in [0.717, 1.165) is 48.3 Å². The van der Waals surface area contributed by atoms with E-state index in [4.69, 9.17) is 0 Å². The van der Waals surface area contributed by atoms with Crippen LogP contribution in [0.3, 0.4) is 0 Å². The van der Waals surface area contributed by atoms with E-state index in [1.165, 1.54) is 32.4 Å². The summed E-state index contributed by atoms with van der Waals surface area (Å²) < 4.78 is 0. The smallest absolute Gasteiger partial charge is 0.254 e. The van der Waals surface area contributed by atoms with Crippen molar-refractivity contribution < 1.29 is 4.79 Å². The van der Waals surface area contributed by atoms with Crippen LogP contribution < -0.4 is 0 Å². The number of aryl methyl sites for hydroxylation is 1. The molecule has 0 aliphatic carbocycles. The zero-order chi connectivity index (χ0) is 18.6. The van der Waals surface area contributed by atoms with Crippen molar-refractivity contribution in [3.63, 3.8) is 0 Å². The lowest BCUT2D eigenvalue weighted by Crippen LogP contribution is -2.49. The van der Waals surface area contributed by atoms with Gasteiger partial charge in [-0.3, -0.25) is 9.78 Å². The van der Waals surface area contributed by atoms with Crippen LogP contribution in [0.25, 0.3) is 11.1 Å². The SMILES string of the molecule is Cc1ccc(-c2ccc(C(=O)N3CCCC[C@H]3CN3CCCC3)cc2)cn1. The maximum Gasteiger partial charge on any atom is 0.254 e. The van der Waals surface area contributed by atoms with E-state index < -0.39 is 0 Å². The third-order valence-corrected chi connectivity index (χ3v) is 5.93. The van der Waals surface area contributed by atoms with Gasteiger partial charge in [-0.2, -0.15) is 0 Å². The minimum atomic E-state index is 0.187. The van der Waals surface area contributed by atoms with Gasteiger partial charge in [0.25, 0.3) is 5.91 Å². The number of piperidine rings is 1. The van der Waals surface area contributed by atoms with Crippen LogP contribution >= 0.6 is 0 Å². The average Bonchev–Trinajstić information content (AvgIpc) is 3.22. The van der Waals surface area contributed by atoms with Crippen molar-refractivity contribution in [3.05, 3.63) is 53.9 Å². The second-order valence-electron chi connectivity index (χ2n) is 7.92. The monoisotopic (exact) mass is 363 g/mol. The minimum Gasteiger partial charge on any atom is -0.334 e. The number of hydrogen-bond acceptors (Lipinski definition) is 3. The second kappa shape index (κ2) is 8.22. The Morgan fingerprint density at radius 1 is 0.963 bits per heavy atom. The molecule has 4 heteroatoms. The molecular weight excluding hydrogens is 334 g/mol. The highest BCUT2D eigenvalue weighted by Crippen LogP contribution is 2.24. The van der Waals surface area contributed by atoms with Gasteiger partial charge in [0.15, 0.2) is 0 Å². The molecule has 1 atom stereocenters. The molecule has 2 saturated heterocycles. The summed E-state index contributed by atoms with van der Waals surface area (Å²) in [6.07, 6.45) is 7.99. The Morgan fingerprint density at radius 3 is 2.37 bits per heavy atom. The average molecular weight is 364 g/mol. The highest BCUT2D eigenvalue weighted by molar-refractivity contribution is 5.95. The first-order valence-corrected chi connectivity index (χ1v) is 10.3. The molecule has 1 aromatic heterocycles. The zero-order valence-electron chi connectivity index (χ0n) is 16.2. The predicted octanol–water partition coefficient (Wildman–Crippen LogP) is 4.15. The van der Waals surface area contributed by atoms with Gasteiger partial charge >= 0.3 is 0 Å². The van der Waals surface area contributed by atoms with Crippen molar-refractivity contribution in [1.82, 2.24) is 14.8 Å². The van der Waals surface area contributed by atoms with E-state index in [1.807, 2.05) is 43.5 Å². The first kappa shape index (κ1) is 18.2. The van der Waals surface area contributed by atoms with Crippen LogP contribution in [-0.4, -0.2) is 52.9 Å². The summed E-state index contributed by atoms with van der Waals surface area (Å²) in [6, 6.07) is 12.5. The summed E-state index contributed by atoms with van der Waals surface area (Å²) in [5, 5.41) is 0. The van der Waals surface area contributed by atoms with E-state index in [1.54, 1.807) is 0 Å². The molecule has 2 fully saturated rings. The number of amides is 1. The maximum absolute atomic E-state index is 13.2. The van der Waals surface area contributed by atoms with Gasteiger partial charge in [0.2, 0.25) is 0 Å². The largest absolute Gasteiger partial charge is 0.334 e. The topological polar surface area (TPSA) is 36.4 Å². The Kier molecular flexibility index (Phi) is 5.53. The van der Waals surface area contributed by atoms with Crippen LogP contribution in [0.1, 0.15) is 48.2 Å². The molecular formula is C23H29N3O. The van der Waals surface area contributed by atoms with Crippen molar-refractivity contribution in [1.29, 1.82) is 0 Å². The summed E-state index contributed by atoms with van der Waals surface area (Å²) in [7, 11) is 0. The van der Waals surface area contributed by atoms with Gasteiger partial charge in [0, 0.05) is 42.1 Å². The van der Waals surface area contributed by atoms with Gasteiger partial charge in [-0.1, -0.05) is 18.2 Å². The molecule has 1 aromatic carbocycles. The fraction of sp³-hybridized carbons (Fsp3) is 0.478. The number of hydrogen-bond donors (Lipinski definition) is 0.